The van der Waals surface area contributed by atoms with Gasteiger partial charge in [0.15, 0.2) is 0 Å². The molecule has 1 aromatic carbocycles. The summed E-state index contributed by atoms with van der Waals surface area (Å²) in [5, 5.41) is 3.53. The second kappa shape index (κ2) is 3.16. The van der Waals surface area contributed by atoms with Crippen LogP contribution in [0.4, 0.5) is 11.4 Å². The van der Waals surface area contributed by atoms with Gasteiger partial charge in [-0.3, -0.25) is 0 Å². The molecular weight excluding hydrogens is 184 g/mol. The topological polar surface area (TPSA) is 38.0 Å². The predicted molar refractivity (Wildman–Crippen MR) is 63.7 cm³/mol. The molecule has 0 radical (unpaired) electrons. The van der Waals surface area contributed by atoms with Gasteiger partial charge in [-0.1, -0.05) is 6.07 Å². The lowest BCUT2D eigenvalue weighted by Gasteiger charge is -2.16. The Balaban J connectivity index is 1.61. The molecule has 0 heterocycles. The van der Waals surface area contributed by atoms with E-state index in [1.165, 1.54) is 31.4 Å². The smallest absolute Gasteiger partial charge is 0.0360 e. The van der Waals surface area contributed by atoms with Crippen LogP contribution in [-0.4, -0.2) is 6.54 Å². The van der Waals surface area contributed by atoms with Crippen molar-refractivity contribution in [3.8, 4) is 0 Å². The van der Waals surface area contributed by atoms with Gasteiger partial charge >= 0.3 is 0 Å². The molecule has 3 rings (SSSR count). The third kappa shape index (κ3) is 1.81. The van der Waals surface area contributed by atoms with E-state index in [1.807, 2.05) is 18.2 Å². The van der Waals surface area contributed by atoms with Crippen LogP contribution in [0.15, 0.2) is 24.3 Å². The molecule has 2 heteroatoms. The van der Waals surface area contributed by atoms with Crippen molar-refractivity contribution in [2.75, 3.05) is 17.6 Å². The van der Waals surface area contributed by atoms with Crippen LogP contribution < -0.4 is 11.1 Å². The second-order valence-electron chi connectivity index (χ2n) is 5.12. The van der Waals surface area contributed by atoms with Gasteiger partial charge in [-0.2, -0.15) is 0 Å². The van der Waals surface area contributed by atoms with Gasteiger partial charge < -0.3 is 11.1 Å². The van der Waals surface area contributed by atoms with Crippen molar-refractivity contribution in [3.05, 3.63) is 24.3 Å². The predicted octanol–water partition coefficient (Wildman–Crippen LogP) is 2.87. The van der Waals surface area contributed by atoms with Gasteiger partial charge in [0, 0.05) is 17.9 Å². The Labute approximate surface area is 90.9 Å². The van der Waals surface area contributed by atoms with Crippen molar-refractivity contribution in [3.63, 3.8) is 0 Å². The Morgan fingerprint density at radius 3 is 2.73 bits per heavy atom. The number of nitrogens with one attached hydrogen (secondary N) is 1. The van der Waals surface area contributed by atoms with Gasteiger partial charge in [-0.25, -0.2) is 0 Å². The van der Waals surface area contributed by atoms with E-state index < -0.39 is 0 Å². The molecule has 3 N–H and O–H groups in total. The molecule has 2 aliphatic carbocycles. The van der Waals surface area contributed by atoms with Gasteiger partial charge in [0.2, 0.25) is 0 Å². The van der Waals surface area contributed by atoms with Crippen LogP contribution in [0.3, 0.4) is 0 Å². The normalized spacial score (nSPS) is 22.4. The molecule has 2 aliphatic rings. The number of nitrogen functional groups attached to an aromatic ring is 1. The number of rotatable bonds is 4. The zero-order valence-corrected chi connectivity index (χ0v) is 9.00. The van der Waals surface area contributed by atoms with Crippen LogP contribution in [0.1, 0.15) is 25.7 Å². The molecule has 0 unspecified atom stereocenters. The van der Waals surface area contributed by atoms with Crippen molar-refractivity contribution >= 4 is 11.4 Å². The fraction of sp³-hybridized carbons (Fsp3) is 0.538. The lowest BCUT2D eigenvalue weighted by atomic mass is 10.0. The summed E-state index contributed by atoms with van der Waals surface area (Å²) in [4.78, 5) is 0. The first-order chi connectivity index (χ1) is 7.28. The molecule has 80 valence electrons. The average Bonchev–Trinajstić information content (AvgIpc) is 3.08. The maximum absolute atomic E-state index is 5.75. The summed E-state index contributed by atoms with van der Waals surface area (Å²) in [6, 6.07) is 8.05. The van der Waals surface area contributed by atoms with Crippen molar-refractivity contribution < 1.29 is 0 Å². The molecule has 15 heavy (non-hydrogen) atoms. The Hall–Kier alpha value is -1.18. The first-order valence-electron chi connectivity index (χ1n) is 5.88. The van der Waals surface area contributed by atoms with Crippen LogP contribution in [0.25, 0.3) is 0 Å². The fourth-order valence-corrected chi connectivity index (χ4v) is 2.51. The molecule has 0 spiro atoms. The molecule has 0 aliphatic heterocycles. The van der Waals surface area contributed by atoms with Gasteiger partial charge in [-0.15, -0.1) is 0 Å². The van der Waals surface area contributed by atoms with E-state index in [1.54, 1.807) is 0 Å². The first-order valence-corrected chi connectivity index (χ1v) is 5.88. The Morgan fingerprint density at radius 2 is 2.13 bits per heavy atom. The Kier molecular flexibility index (Phi) is 1.91. The standard InChI is InChI=1S/C13H18N2/c14-11-2-1-3-12(8-11)15-9-13(6-7-13)10-4-5-10/h1-3,8,10,15H,4-7,9,14H2. The molecule has 2 fully saturated rings. The van der Waals surface area contributed by atoms with Crippen LogP contribution in [0.2, 0.25) is 0 Å². The van der Waals surface area contributed by atoms with E-state index in [0.29, 0.717) is 5.41 Å². The average molecular weight is 202 g/mol. The molecule has 0 aromatic heterocycles. The van der Waals surface area contributed by atoms with Gasteiger partial charge in [-0.05, 0) is 55.2 Å². The summed E-state index contributed by atoms with van der Waals surface area (Å²) in [7, 11) is 0. The Morgan fingerprint density at radius 1 is 1.33 bits per heavy atom. The molecule has 1 aromatic rings. The van der Waals surface area contributed by atoms with Crippen molar-refractivity contribution in [2.24, 2.45) is 11.3 Å². The quantitative estimate of drug-likeness (QED) is 0.737. The highest BCUT2D eigenvalue weighted by Gasteiger charge is 2.53. The Bertz CT molecular complexity index is 365. The lowest BCUT2D eigenvalue weighted by Crippen LogP contribution is -2.17. The largest absolute Gasteiger partial charge is 0.399 e. The first kappa shape index (κ1) is 9.08. The molecular formula is C13H18N2. The minimum absolute atomic E-state index is 0.657. The zero-order valence-electron chi connectivity index (χ0n) is 9.00. The number of anilines is 2. The van der Waals surface area contributed by atoms with Crippen LogP contribution >= 0.6 is 0 Å². The summed E-state index contributed by atoms with van der Waals surface area (Å²) in [6.07, 6.45) is 5.76. The van der Waals surface area contributed by atoms with E-state index in [4.69, 9.17) is 5.73 Å². The summed E-state index contributed by atoms with van der Waals surface area (Å²) >= 11 is 0. The molecule has 0 atom stereocenters. The molecule has 0 bridgehead atoms. The summed E-state index contributed by atoms with van der Waals surface area (Å²) in [6.45, 7) is 1.14. The van der Waals surface area contributed by atoms with Crippen LogP contribution in [0, 0.1) is 11.3 Å². The van der Waals surface area contributed by atoms with Gasteiger partial charge in [0.25, 0.3) is 0 Å². The van der Waals surface area contributed by atoms with Crippen LogP contribution in [0.5, 0.6) is 0 Å². The summed E-state index contributed by atoms with van der Waals surface area (Å²) in [5.41, 5.74) is 8.42. The van der Waals surface area contributed by atoms with Crippen molar-refractivity contribution in [2.45, 2.75) is 25.7 Å². The minimum atomic E-state index is 0.657. The van der Waals surface area contributed by atoms with E-state index in [9.17, 15) is 0 Å². The number of benzene rings is 1. The molecule has 0 amide bonds. The monoisotopic (exact) mass is 202 g/mol. The highest BCUT2D eigenvalue weighted by atomic mass is 14.9. The van der Waals surface area contributed by atoms with E-state index in [2.05, 4.69) is 11.4 Å². The van der Waals surface area contributed by atoms with Crippen molar-refractivity contribution in [1.29, 1.82) is 0 Å². The second-order valence-corrected chi connectivity index (χ2v) is 5.12. The molecule has 0 saturated heterocycles. The zero-order chi connectivity index (χ0) is 10.3. The summed E-state index contributed by atoms with van der Waals surface area (Å²) in [5.74, 6) is 1.02. The van der Waals surface area contributed by atoms with E-state index >= 15 is 0 Å². The molecule has 2 saturated carbocycles. The highest BCUT2D eigenvalue weighted by Crippen LogP contribution is 2.61. The summed E-state index contributed by atoms with van der Waals surface area (Å²) < 4.78 is 0. The maximum Gasteiger partial charge on any atom is 0.0360 e. The number of hydrogen-bond donors (Lipinski definition) is 2. The van der Waals surface area contributed by atoms with E-state index in [-0.39, 0.29) is 0 Å². The van der Waals surface area contributed by atoms with Crippen molar-refractivity contribution in [1.82, 2.24) is 0 Å². The van der Waals surface area contributed by atoms with E-state index in [0.717, 1.165) is 18.2 Å². The highest BCUT2D eigenvalue weighted by molar-refractivity contribution is 5.54. The SMILES string of the molecule is Nc1cccc(NCC2(C3CC3)CC2)c1. The van der Waals surface area contributed by atoms with Crippen LogP contribution in [-0.2, 0) is 0 Å². The molecule has 2 nitrogen and oxygen atoms in total. The maximum atomic E-state index is 5.75. The number of nitrogens with two attached hydrogens (primary N) is 1. The lowest BCUT2D eigenvalue weighted by molar-refractivity contribution is 0.467. The minimum Gasteiger partial charge on any atom is -0.399 e. The third-order valence-electron chi connectivity index (χ3n) is 3.87. The number of hydrogen-bond acceptors (Lipinski definition) is 2. The fourth-order valence-electron chi connectivity index (χ4n) is 2.51. The van der Waals surface area contributed by atoms with Gasteiger partial charge in [0.05, 0.1) is 0 Å². The van der Waals surface area contributed by atoms with Gasteiger partial charge in [0.1, 0.15) is 0 Å². The third-order valence-corrected chi connectivity index (χ3v) is 3.87.